The molecule has 1 N–H and O–H groups in total. The Kier molecular flexibility index (Phi) is 4.35. The third kappa shape index (κ3) is 3.10. The molecule has 0 saturated heterocycles. The second kappa shape index (κ2) is 6.41. The number of aromatic nitrogens is 2. The summed E-state index contributed by atoms with van der Waals surface area (Å²) >= 11 is 3.11. The van der Waals surface area contributed by atoms with Gasteiger partial charge in [0.2, 0.25) is 5.91 Å². The first-order valence-corrected chi connectivity index (χ1v) is 8.70. The quantitative estimate of drug-likeness (QED) is 0.781. The van der Waals surface area contributed by atoms with E-state index in [4.69, 9.17) is 0 Å². The van der Waals surface area contributed by atoms with Gasteiger partial charge in [-0.15, -0.1) is 22.7 Å². The van der Waals surface area contributed by atoms with Crippen LogP contribution in [0, 0.1) is 6.92 Å². The number of carbonyl (C=O) groups is 1. The summed E-state index contributed by atoms with van der Waals surface area (Å²) in [4.78, 5) is 30.7. The second-order valence-corrected chi connectivity index (χ2v) is 6.83. The molecule has 0 saturated carbocycles. The minimum atomic E-state index is -0.227. The van der Waals surface area contributed by atoms with Gasteiger partial charge in [-0.25, -0.2) is 9.66 Å². The second-order valence-electron chi connectivity index (χ2n) is 4.91. The van der Waals surface area contributed by atoms with Crippen molar-refractivity contribution < 1.29 is 4.79 Å². The van der Waals surface area contributed by atoms with Gasteiger partial charge in [0.25, 0.3) is 5.56 Å². The summed E-state index contributed by atoms with van der Waals surface area (Å²) in [7, 11) is 0. The number of thiophene rings is 2. The SMILES string of the molecule is Cc1nc2sccc2c(=O)n1NC(=O)CCCc1cccs1. The fourth-order valence-electron chi connectivity index (χ4n) is 2.21. The van der Waals surface area contributed by atoms with Crippen molar-refractivity contribution >= 4 is 38.8 Å². The predicted molar refractivity (Wildman–Crippen MR) is 90.2 cm³/mol. The summed E-state index contributed by atoms with van der Waals surface area (Å²) in [5, 5.41) is 4.39. The maximum atomic E-state index is 12.3. The number of hydrogen-bond donors (Lipinski definition) is 1. The summed E-state index contributed by atoms with van der Waals surface area (Å²) < 4.78 is 1.24. The number of hydrogen-bond acceptors (Lipinski definition) is 5. The van der Waals surface area contributed by atoms with Gasteiger partial charge in [-0.1, -0.05) is 6.07 Å². The maximum Gasteiger partial charge on any atom is 0.281 e. The Morgan fingerprint density at radius 3 is 2.95 bits per heavy atom. The molecule has 0 aliphatic rings. The number of nitrogens with one attached hydrogen (secondary N) is 1. The predicted octanol–water partition coefficient (Wildman–Crippen LogP) is 2.92. The van der Waals surface area contributed by atoms with E-state index in [1.807, 2.05) is 16.8 Å². The van der Waals surface area contributed by atoms with Gasteiger partial charge in [0, 0.05) is 11.3 Å². The highest BCUT2D eigenvalue weighted by Crippen LogP contribution is 2.15. The van der Waals surface area contributed by atoms with Crippen molar-refractivity contribution in [2.24, 2.45) is 0 Å². The molecule has 3 aromatic rings. The number of carbonyl (C=O) groups excluding carboxylic acids is 1. The average molecular weight is 333 g/mol. The van der Waals surface area contributed by atoms with E-state index in [-0.39, 0.29) is 11.5 Å². The number of aryl methyl sites for hydroxylation is 2. The lowest BCUT2D eigenvalue weighted by molar-refractivity contribution is -0.117. The molecule has 1 amide bonds. The van der Waals surface area contributed by atoms with Crippen LogP contribution in [-0.4, -0.2) is 15.6 Å². The van der Waals surface area contributed by atoms with Crippen LogP contribution < -0.4 is 11.0 Å². The zero-order valence-electron chi connectivity index (χ0n) is 12.0. The molecule has 0 atom stereocenters. The fraction of sp³-hybridized carbons (Fsp3) is 0.267. The van der Waals surface area contributed by atoms with E-state index < -0.39 is 0 Å². The zero-order chi connectivity index (χ0) is 15.5. The third-order valence-electron chi connectivity index (χ3n) is 3.31. The van der Waals surface area contributed by atoms with Crippen molar-refractivity contribution in [2.75, 3.05) is 5.43 Å². The Hall–Kier alpha value is -1.99. The van der Waals surface area contributed by atoms with E-state index in [2.05, 4.69) is 16.5 Å². The highest BCUT2D eigenvalue weighted by atomic mass is 32.1. The van der Waals surface area contributed by atoms with E-state index in [1.165, 1.54) is 20.9 Å². The van der Waals surface area contributed by atoms with E-state index >= 15 is 0 Å². The molecule has 0 bridgehead atoms. The Labute approximate surface area is 135 Å². The topological polar surface area (TPSA) is 64.0 Å². The standard InChI is InChI=1S/C15H15N3O2S2/c1-10-16-14-12(7-9-22-14)15(20)18(10)17-13(19)6-2-4-11-5-3-8-21-11/h3,5,7-9H,2,4,6H2,1H3,(H,17,19). The minimum absolute atomic E-state index is 0.168. The smallest absolute Gasteiger partial charge is 0.273 e. The molecule has 22 heavy (non-hydrogen) atoms. The van der Waals surface area contributed by atoms with E-state index in [0.29, 0.717) is 22.5 Å². The van der Waals surface area contributed by atoms with Gasteiger partial charge in [0.1, 0.15) is 10.7 Å². The minimum Gasteiger partial charge on any atom is -0.273 e. The number of amides is 1. The molecule has 3 rings (SSSR count). The Bertz CT molecular complexity index is 849. The Morgan fingerprint density at radius 2 is 2.18 bits per heavy atom. The van der Waals surface area contributed by atoms with Gasteiger partial charge < -0.3 is 0 Å². The van der Waals surface area contributed by atoms with Gasteiger partial charge in [0.05, 0.1) is 5.39 Å². The molecule has 0 spiro atoms. The van der Waals surface area contributed by atoms with E-state index in [9.17, 15) is 9.59 Å². The molecule has 0 aliphatic heterocycles. The van der Waals surface area contributed by atoms with Crippen LogP contribution in [0.15, 0.2) is 33.8 Å². The van der Waals surface area contributed by atoms with Gasteiger partial charge in [0.15, 0.2) is 0 Å². The van der Waals surface area contributed by atoms with Crippen molar-refractivity contribution in [2.45, 2.75) is 26.2 Å². The molecule has 0 aromatic carbocycles. The van der Waals surface area contributed by atoms with Gasteiger partial charge in [-0.3, -0.25) is 15.0 Å². The van der Waals surface area contributed by atoms with Crippen LogP contribution in [0.2, 0.25) is 0 Å². The Balaban J connectivity index is 1.67. The molecule has 114 valence electrons. The fourth-order valence-corrected chi connectivity index (χ4v) is 3.76. The highest BCUT2D eigenvalue weighted by Gasteiger charge is 2.11. The first kappa shape index (κ1) is 14.9. The zero-order valence-corrected chi connectivity index (χ0v) is 13.7. The van der Waals surface area contributed by atoms with Crippen LogP contribution in [0.5, 0.6) is 0 Å². The summed E-state index contributed by atoms with van der Waals surface area (Å²) in [6.07, 6.45) is 2.01. The van der Waals surface area contributed by atoms with Crippen molar-refractivity contribution in [3.05, 3.63) is 50.0 Å². The molecule has 3 heterocycles. The molecule has 0 radical (unpaired) electrons. The van der Waals surface area contributed by atoms with E-state index in [0.717, 1.165) is 12.8 Å². The average Bonchev–Trinajstić information content (AvgIpc) is 3.14. The van der Waals surface area contributed by atoms with Crippen molar-refractivity contribution in [1.29, 1.82) is 0 Å². The largest absolute Gasteiger partial charge is 0.281 e. The van der Waals surface area contributed by atoms with Crippen molar-refractivity contribution in [3.8, 4) is 0 Å². The normalized spacial score (nSPS) is 11.0. The van der Waals surface area contributed by atoms with Crippen LogP contribution in [0.25, 0.3) is 10.2 Å². The van der Waals surface area contributed by atoms with Crippen molar-refractivity contribution in [3.63, 3.8) is 0 Å². The van der Waals surface area contributed by atoms with Crippen LogP contribution in [0.1, 0.15) is 23.5 Å². The summed E-state index contributed by atoms with van der Waals surface area (Å²) in [6.45, 7) is 1.71. The number of rotatable bonds is 5. The lowest BCUT2D eigenvalue weighted by Crippen LogP contribution is -2.35. The molecule has 0 unspecified atom stereocenters. The first-order valence-electron chi connectivity index (χ1n) is 6.94. The maximum absolute atomic E-state index is 12.3. The molecule has 5 nitrogen and oxygen atoms in total. The molecular formula is C15H15N3O2S2. The molecule has 7 heteroatoms. The van der Waals surface area contributed by atoms with Gasteiger partial charge in [-0.2, -0.15) is 0 Å². The van der Waals surface area contributed by atoms with E-state index in [1.54, 1.807) is 24.3 Å². The summed E-state index contributed by atoms with van der Waals surface area (Å²) in [5.74, 6) is 0.324. The van der Waals surface area contributed by atoms with Crippen molar-refractivity contribution in [1.82, 2.24) is 9.66 Å². The van der Waals surface area contributed by atoms with Crippen LogP contribution in [0.4, 0.5) is 0 Å². The molecule has 0 aliphatic carbocycles. The third-order valence-corrected chi connectivity index (χ3v) is 5.05. The van der Waals surface area contributed by atoms with Crippen LogP contribution in [-0.2, 0) is 11.2 Å². The highest BCUT2D eigenvalue weighted by molar-refractivity contribution is 7.16. The Morgan fingerprint density at radius 1 is 1.32 bits per heavy atom. The monoisotopic (exact) mass is 333 g/mol. The lowest BCUT2D eigenvalue weighted by atomic mass is 10.2. The first-order chi connectivity index (χ1) is 10.6. The summed E-state index contributed by atoms with van der Waals surface area (Å²) in [6, 6.07) is 5.80. The number of fused-ring (bicyclic) bond motifs is 1. The van der Waals surface area contributed by atoms with Crippen LogP contribution in [0.3, 0.4) is 0 Å². The summed E-state index contributed by atoms with van der Waals surface area (Å²) in [5.41, 5.74) is 2.42. The van der Waals surface area contributed by atoms with Crippen LogP contribution >= 0.6 is 22.7 Å². The molecule has 3 aromatic heterocycles. The molecule has 0 fully saturated rings. The number of nitrogens with zero attached hydrogens (tertiary/aromatic N) is 2. The molecular weight excluding hydrogens is 318 g/mol. The lowest BCUT2D eigenvalue weighted by Gasteiger charge is -2.10. The van der Waals surface area contributed by atoms with Gasteiger partial charge in [-0.05, 0) is 42.7 Å². The van der Waals surface area contributed by atoms with Gasteiger partial charge >= 0.3 is 0 Å².